The molecular formula is C20H42OSi. The quantitative estimate of drug-likeness (QED) is 0.238. The molecule has 0 aromatic rings. The number of hydrogen-bond acceptors (Lipinski definition) is 1. The molecule has 0 radical (unpaired) electrons. The highest BCUT2D eigenvalue weighted by molar-refractivity contribution is 6.73. The van der Waals surface area contributed by atoms with Gasteiger partial charge in [-0.2, -0.15) is 0 Å². The van der Waals surface area contributed by atoms with Crippen LogP contribution in [0.1, 0.15) is 104 Å². The van der Waals surface area contributed by atoms with Gasteiger partial charge in [-0.1, -0.05) is 90.9 Å². The van der Waals surface area contributed by atoms with Crippen molar-refractivity contribution in [3.63, 3.8) is 0 Å². The lowest BCUT2D eigenvalue weighted by molar-refractivity contribution is 0.163. The van der Waals surface area contributed by atoms with E-state index in [4.69, 9.17) is 4.43 Å². The molecule has 1 fully saturated rings. The van der Waals surface area contributed by atoms with E-state index in [1.165, 1.54) is 102 Å². The van der Waals surface area contributed by atoms with Crippen molar-refractivity contribution in [2.45, 2.75) is 128 Å². The van der Waals surface area contributed by atoms with Gasteiger partial charge < -0.3 is 4.43 Å². The fourth-order valence-electron chi connectivity index (χ4n) is 3.86. The maximum Gasteiger partial charge on any atom is 0.190 e. The summed E-state index contributed by atoms with van der Waals surface area (Å²) in [6, 6.07) is 2.85. The molecule has 0 saturated carbocycles. The molecule has 22 heavy (non-hydrogen) atoms. The van der Waals surface area contributed by atoms with Crippen LogP contribution in [0, 0.1) is 0 Å². The van der Waals surface area contributed by atoms with Crippen molar-refractivity contribution < 1.29 is 4.43 Å². The SMILES string of the molecule is CCCCCCCCCC(CCCCC)O[Si]1(C)CCCC1. The zero-order valence-electron chi connectivity index (χ0n) is 15.8. The number of rotatable bonds is 14. The van der Waals surface area contributed by atoms with E-state index in [2.05, 4.69) is 20.4 Å². The molecule has 0 aromatic heterocycles. The van der Waals surface area contributed by atoms with Gasteiger partial charge in [-0.05, 0) is 31.5 Å². The third-order valence-electron chi connectivity index (χ3n) is 5.37. The fourth-order valence-corrected chi connectivity index (χ4v) is 7.38. The Labute approximate surface area is 141 Å². The topological polar surface area (TPSA) is 9.23 Å². The van der Waals surface area contributed by atoms with Crippen molar-refractivity contribution in [3.8, 4) is 0 Å². The Morgan fingerprint density at radius 1 is 0.727 bits per heavy atom. The Morgan fingerprint density at radius 2 is 1.18 bits per heavy atom. The van der Waals surface area contributed by atoms with Crippen LogP contribution in [0.3, 0.4) is 0 Å². The van der Waals surface area contributed by atoms with Crippen LogP contribution >= 0.6 is 0 Å². The second kappa shape index (κ2) is 12.6. The highest BCUT2D eigenvalue weighted by atomic mass is 28.4. The monoisotopic (exact) mass is 326 g/mol. The highest BCUT2D eigenvalue weighted by Crippen LogP contribution is 2.33. The van der Waals surface area contributed by atoms with Crippen LogP contribution < -0.4 is 0 Å². The molecule has 1 rings (SSSR count). The predicted octanol–water partition coefficient (Wildman–Crippen LogP) is 7.46. The summed E-state index contributed by atoms with van der Waals surface area (Å²) < 4.78 is 6.73. The normalized spacial score (nSPS) is 18.7. The van der Waals surface area contributed by atoms with Gasteiger partial charge in [0.25, 0.3) is 0 Å². The Hall–Kier alpha value is 0.177. The summed E-state index contributed by atoms with van der Waals surface area (Å²) in [4.78, 5) is 0. The summed E-state index contributed by atoms with van der Waals surface area (Å²) in [6.45, 7) is 7.10. The summed E-state index contributed by atoms with van der Waals surface area (Å²) in [5, 5.41) is 0. The van der Waals surface area contributed by atoms with Gasteiger partial charge in [-0.15, -0.1) is 0 Å². The average molecular weight is 327 g/mol. The van der Waals surface area contributed by atoms with Crippen molar-refractivity contribution in [2.24, 2.45) is 0 Å². The minimum Gasteiger partial charge on any atom is -0.414 e. The van der Waals surface area contributed by atoms with Gasteiger partial charge in [0, 0.05) is 6.10 Å². The van der Waals surface area contributed by atoms with E-state index >= 15 is 0 Å². The van der Waals surface area contributed by atoms with Crippen LogP contribution in [0.2, 0.25) is 18.6 Å². The molecule has 1 heterocycles. The molecule has 0 spiro atoms. The molecule has 1 unspecified atom stereocenters. The molecule has 2 heteroatoms. The molecule has 1 saturated heterocycles. The van der Waals surface area contributed by atoms with Gasteiger partial charge >= 0.3 is 0 Å². The minimum atomic E-state index is -1.30. The third kappa shape index (κ3) is 9.35. The highest BCUT2D eigenvalue weighted by Gasteiger charge is 2.35. The smallest absolute Gasteiger partial charge is 0.190 e. The number of hydrogen-bond donors (Lipinski definition) is 0. The van der Waals surface area contributed by atoms with Crippen LogP contribution in [0.15, 0.2) is 0 Å². The van der Waals surface area contributed by atoms with Crippen molar-refractivity contribution in [2.75, 3.05) is 0 Å². The molecule has 0 bridgehead atoms. The van der Waals surface area contributed by atoms with E-state index < -0.39 is 8.32 Å². The first kappa shape index (κ1) is 20.2. The molecule has 1 nitrogen and oxygen atoms in total. The van der Waals surface area contributed by atoms with Crippen LogP contribution in [-0.4, -0.2) is 14.4 Å². The van der Waals surface area contributed by atoms with Crippen LogP contribution in [-0.2, 0) is 4.43 Å². The minimum absolute atomic E-state index is 0.594. The van der Waals surface area contributed by atoms with Gasteiger partial charge in [0.05, 0.1) is 0 Å². The van der Waals surface area contributed by atoms with E-state index in [0.717, 1.165) is 0 Å². The Bertz CT molecular complexity index is 248. The summed E-state index contributed by atoms with van der Waals surface area (Å²) in [6.07, 6.45) is 20.1. The molecule has 0 amide bonds. The van der Waals surface area contributed by atoms with Crippen molar-refractivity contribution >= 4 is 8.32 Å². The first-order chi connectivity index (χ1) is 10.7. The van der Waals surface area contributed by atoms with Crippen molar-refractivity contribution in [1.29, 1.82) is 0 Å². The zero-order valence-corrected chi connectivity index (χ0v) is 16.8. The molecule has 0 N–H and O–H groups in total. The van der Waals surface area contributed by atoms with Crippen molar-refractivity contribution in [1.82, 2.24) is 0 Å². The summed E-state index contributed by atoms with van der Waals surface area (Å²) in [5.74, 6) is 0. The van der Waals surface area contributed by atoms with Crippen LogP contribution in [0.4, 0.5) is 0 Å². The Balaban J connectivity index is 2.19. The van der Waals surface area contributed by atoms with Crippen LogP contribution in [0.5, 0.6) is 0 Å². The van der Waals surface area contributed by atoms with E-state index in [-0.39, 0.29) is 0 Å². The first-order valence-corrected chi connectivity index (χ1v) is 13.2. The predicted molar refractivity (Wildman–Crippen MR) is 102 cm³/mol. The molecule has 1 aliphatic rings. The summed E-state index contributed by atoms with van der Waals surface area (Å²) in [7, 11) is -1.30. The van der Waals surface area contributed by atoms with Gasteiger partial charge in [-0.3, -0.25) is 0 Å². The Morgan fingerprint density at radius 3 is 1.77 bits per heavy atom. The Kier molecular flexibility index (Phi) is 11.6. The van der Waals surface area contributed by atoms with Gasteiger partial charge in [0.2, 0.25) is 0 Å². The first-order valence-electron chi connectivity index (χ1n) is 10.4. The lowest BCUT2D eigenvalue weighted by atomic mass is 10.0. The average Bonchev–Trinajstić information content (AvgIpc) is 2.92. The van der Waals surface area contributed by atoms with Crippen LogP contribution in [0.25, 0.3) is 0 Å². The largest absolute Gasteiger partial charge is 0.414 e. The maximum absolute atomic E-state index is 6.73. The molecule has 1 atom stereocenters. The van der Waals surface area contributed by atoms with Crippen molar-refractivity contribution in [3.05, 3.63) is 0 Å². The lowest BCUT2D eigenvalue weighted by Crippen LogP contribution is -2.35. The van der Waals surface area contributed by atoms with E-state index in [1.54, 1.807) is 0 Å². The molecule has 0 aliphatic carbocycles. The van der Waals surface area contributed by atoms with Gasteiger partial charge in [0.1, 0.15) is 0 Å². The third-order valence-corrected chi connectivity index (χ3v) is 9.10. The van der Waals surface area contributed by atoms with E-state index in [9.17, 15) is 0 Å². The second-order valence-electron chi connectivity index (χ2n) is 7.80. The number of unbranched alkanes of at least 4 members (excludes halogenated alkanes) is 8. The van der Waals surface area contributed by atoms with Gasteiger partial charge in [0.15, 0.2) is 8.32 Å². The summed E-state index contributed by atoms with van der Waals surface area (Å²) in [5.41, 5.74) is 0. The molecule has 0 aromatic carbocycles. The molecule has 1 aliphatic heterocycles. The molecular weight excluding hydrogens is 284 g/mol. The standard InChI is InChI=1S/C20H42OSi/c1-4-6-8-9-10-11-13-17-20(16-12-7-5-2)21-22(3)18-14-15-19-22/h20H,4-19H2,1-3H3. The lowest BCUT2D eigenvalue weighted by Gasteiger charge is -2.29. The second-order valence-corrected chi connectivity index (χ2v) is 11.9. The molecule has 132 valence electrons. The van der Waals surface area contributed by atoms with E-state index in [0.29, 0.717) is 6.10 Å². The maximum atomic E-state index is 6.73. The van der Waals surface area contributed by atoms with Gasteiger partial charge in [-0.25, -0.2) is 0 Å². The fraction of sp³-hybridized carbons (Fsp3) is 1.00. The van der Waals surface area contributed by atoms with E-state index in [1.807, 2.05) is 0 Å². The zero-order chi connectivity index (χ0) is 16.1. The summed E-state index contributed by atoms with van der Waals surface area (Å²) >= 11 is 0.